The zero-order chi connectivity index (χ0) is 14.5. The fourth-order valence-electron chi connectivity index (χ4n) is 1.89. The molecule has 0 spiro atoms. The van der Waals surface area contributed by atoms with Crippen molar-refractivity contribution in [2.75, 3.05) is 5.75 Å². The minimum absolute atomic E-state index is 0.252. The lowest BCUT2D eigenvalue weighted by Crippen LogP contribution is -2.30. The fourth-order valence-corrected chi connectivity index (χ4v) is 3.19. The Morgan fingerprint density at radius 3 is 2.75 bits per heavy atom. The maximum absolute atomic E-state index is 13.9. The summed E-state index contributed by atoms with van der Waals surface area (Å²) in [5, 5.41) is 0.693. The van der Waals surface area contributed by atoms with E-state index in [1.165, 1.54) is 6.07 Å². The van der Waals surface area contributed by atoms with Crippen LogP contribution in [0.15, 0.2) is 47.4 Å². The quantitative estimate of drug-likeness (QED) is 0.496. The molecule has 0 fully saturated rings. The van der Waals surface area contributed by atoms with Gasteiger partial charge in [0.1, 0.15) is 5.82 Å². The largest absolute Gasteiger partial charge is 0.271 e. The number of nitrogens with two attached hydrogens (primary N) is 1. The van der Waals surface area contributed by atoms with Crippen LogP contribution in [-0.4, -0.2) is 5.75 Å². The summed E-state index contributed by atoms with van der Waals surface area (Å²) in [6.07, 6.45) is 0. The van der Waals surface area contributed by atoms with Gasteiger partial charge >= 0.3 is 0 Å². The van der Waals surface area contributed by atoms with Crippen molar-refractivity contribution in [2.45, 2.75) is 17.9 Å². The molecular formula is C15H16ClFN2S. The molecule has 2 rings (SSSR count). The number of halogens is 2. The standard InChI is InChI=1S/C15H16ClFN2S/c1-10-6-7-13(17)11(8-10)14(19-18)9-20-15-5-3-2-4-12(15)16/h2-8,14,19H,9,18H2,1H3. The SMILES string of the molecule is Cc1ccc(F)c(C(CSc2ccccc2Cl)NN)c1. The van der Waals surface area contributed by atoms with E-state index in [1.54, 1.807) is 17.8 Å². The van der Waals surface area contributed by atoms with Crippen LogP contribution in [0, 0.1) is 12.7 Å². The summed E-state index contributed by atoms with van der Waals surface area (Å²) in [5.74, 6) is 5.91. The van der Waals surface area contributed by atoms with E-state index >= 15 is 0 Å². The lowest BCUT2D eigenvalue weighted by Gasteiger charge is -2.17. The number of benzene rings is 2. The Labute approximate surface area is 127 Å². The highest BCUT2D eigenvalue weighted by Gasteiger charge is 2.15. The van der Waals surface area contributed by atoms with Gasteiger partial charge in [0.05, 0.1) is 11.1 Å². The molecule has 2 nitrogen and oxygen atoms in total. The van der Waals surface area contributed by atoms with Gasteiger partial charge in [0.25, 0.3) is 0 Å². The van der Waals surface area contributed by atoms with Crippen LogP contribution in [0.1, 0.15) is 17.2 Å². The average molecular weight is 311 g/mol. The van der Waals surface area contributed by atoms with E-state index < -0.39 is 0 Å². The molecule has 1 unspecified atom stereocenters. The summed E-state index contributed by atoms with van der Waals surface area (Å²) in [7, 11) is 0. The van der Waals surface area contributed by atoms with Crippen LogP contribution in [0.25, 0.3) is 0 Å². The first-order valence-electron chi connectivity index (χ1n) is 6.21. The van der Waals surface area contributed by atoms with E-state index in [2.05, 4.69) is 5.43 Å². The lowest BCUT2D eigenvalue weighted by atomic mass is 10.1. The van der Waals surface area contributed by atoms with Crippen LogP contribution < -0.4 is 11.3 Å². The molecule has 0 aliphatic heterocycles. The smallest absolute Gasteiger partial charge is 0.128 e. The molecule has 106 valence electrons. The molecule has 0 saturated carbocycles. The average Bonchev–Trinajstić information content (AvgIpc) is 2.45. The summed E-state index contributed by atoms with van der Waals surface area (Å²) in [5.41, 5.74) is 4.25. The molecule has 0 bridgehead atoms. The number of thioether (sulfide) groups is 1. The van der Waals surface area contributed by atoms with Crippen molar-refractivity contribution in [1.29, 1.82) is 0 Å². The third-order valence-electron chi connectivity index (χ3n) is 2.97. The molecule has 0 aromatic heterocycles. The maximum atomic E-state index is 13.9. The van der Waals surface area contributed by atoms with Gasteiger partial charge in [0.2, 0.25) is 0 Å². The first kappa shape index (κ1) is 15.3. The predicted molar refractivity (Wildman–Crippen MR) is 83.4 cm³/mol. The van der Waals surface area contributed by atoms with E-state index in [4.69, 9.17) is 17.4 Å². The molecule has 0 radical (unpaired) electrons. The number of hydrogen-bond donors (Lipinski definition) is 2. The molecular weight excluding hydrogens is 295 g/mol. The highest BCUT2D eigenvalue weighted by Crippen LogP contribution is 2.30. The zero-order valence-electron chi connectivity index (χ0n) is 11.1. The van der Waals surface area contributed by atoms with Crippen molar-refractivity contribution in [3.8, 4) is 0 Å². The minimum Gasteiger partial charge on any atom is -0.271 e. The Balaban J connectivity index is 2.13. The monoisotopic (exact) mass is 310 g/mol. The molecule has 0 aliphatic carbocycles. The summed E-state index contributed by atoms with van der Waals surface area (Å²) in [6, 6.07) is 12.3. The summed E-state index contributed by atoms with van der Waals surface area (Å²) < 4.78 is 13.9. The molecule has 0 aliphatic rings. The normalized spacial score (nSPS) is 12.4. The van der Waals surface area contributed by atoms with Crippen LogP contribution >= 0.6 is 23.4 Å². The van der Waals surface area contributed by atoms with Gasteiger partial charge in [0.15, 0.2) is 0 Å². The molecule has 2 aromatic carbocycles. The van der Waals surface area contributed by atoms with Gasteiger partial charge in [0, 0.05) is 16.2 Å². The van der Waals surface area contributed by atoms with E-state index in [9.17, 15) is 4.39 Å². The van der Waals surface area contributed by atoms with Crippen molar-refractivity contribution in [2.24, 2.45) is 5.84 Å². The first-order chi connectivity index (χ1) is 9.61. The van der Waals surface area contributed by atoms with Gasteiger partial charge in [-0.3, -0.25) is 11.3 Å². The predicted octanol–water partition coefficient (Wildman–Crippen LogP) is 4.08. The third-order valence-corrected chi connectivity index (χ3v) is 4.58. The summed E-state index contributed by atoms with van der Waals surface area (Å²) >= 11 is 7.65. The Kier molecular flexibility index (Phi) is 5.43. The molecule has 0 heterocycles. The Hall–Kier alpha value is -1.07. The molecule has 5 heteroatoms. The van der Waals surface area contributed by atoms with Gasteiger partial charge in [-0.15, -0.1) is 11.8 Å². The molecule has 2 aromatic rings. The van der Waals surface area contributed by atoms with Crippen molar-refractivity contribution in [3.05, 3.63) is 64.4 Å². The third kappa shape index (κ3) is 3.73. The second-order valence-electron chi connectivity index (χ2n) is 4.49. The lowest BCUT2D eigenvalue weighted by molar-refractivity contribution is 0.546. The first-order valence-corrected chi connectivity index (χ1v) is 7.57. The Morgan fingerprint density at radius 1 is 1.30 bits per heavy atom. The van der Waals surface area contributed by atoms with E-state index in [-0.39, 0.29) is 11.9 Å². The van der Waals surface area contributed by atoms with Crippen molar-refractivity contribution >= 4 is 23.4 Å². The van der Waals surface area contributed by atoms with Crippen LogP contribution in [0.2, 0.25) is 5.02 Å². The molecule has 0 amide bonds. The van der Waals surface area contributed by atoms with Gasteiger partial charge < -0.3 is 0 Å². The highest BCUT2D eigenvalue weighted by atomic mass is 35.5. The second-order valence-corrected chi connectivity index (χ2v) is 5.95. The minimum atomic E-state index is -0.267. The van der Waals surface area contributed by atoms with Crippen LogP contribution in [0.4, 0.5) is 4.39 Å². The summed E-state index contributed by atoms with van der Waals surface area (Å²) in [6.45, 7) is 1.93. The van der Waals surface area contributed by atoms with Crippen molar-refractivity contribution in [1.82, 2.24) is 5.43 Å². The fraction of sp³-hybridized carbons (Fsp3) is 0.200. The topological polar surface area (TPSA) is 38.0 Å². The van der Waals surface area contributed by atoms with E-state index in [0.717, 1.165) is 10.5 Å². The summed E-state index contributed by atoms with van der Waals surface area (Å²) in [4.78, 5) is 0.961. The van der Waals surface area contributed by atoms with Crippen molar-refractivity contribution in [3.63, 3.8) is 0 Å². The zero-order valence-corrected chi connectivity index (χ0v) is 12.6. The molecule has 0 saturated heterocycles. The number of nitrogens with one attached hydrogen (secondary N) is 1. The van der Waals surface area contributed by atoms with Crippen LogP contribution in [0.5, 0.6) is 0 Å². The molecule has 20 heavy (non-hydrogen) atoms. The number of rotatable bonds is 5. The van der Waals surface area contributed by atoms with Crippen LogP contribution in [-0.2, 0) is 0 Å². The van der Waals surface area contributed by atoms with E-state index in [1.807, 2.05) is 37.3 Å². The maximum Gasteiger partial charge on any atom is 0.128 e. The number of aryl methyl sites for hydroxylation is 1. The van der Waals surface area contributed by atoms with E-state index in [0.29, 0.717) is 16.3 Å². The Bertz CT molecular complexity index is 592. The molecule has 3 N–H and O–H groups in total. The van der Waals surface area contributed by atoms with Gasteiger partial charge in [-0.2, -0.15) is 0 Å². The number of hydrogen-bond acceptors (Lipinski definition) is 3. The Morgan fingerprint density at radius 2 is 2.05 bits per heavy atom. The molecule has 1 atom stereocenters. The highest BCUT2D eigenvalue weighted by molar-refractivity contribution is 7.99. The van der Waals surface area contributed by atoms with Gasteiger partial charge in [-0.05, 0) is 25.1 Å². The van der Waals surface area contributed by atoms with Crippen molar-refractivity contribution < 1.29 is 4.39 Å². The van der Waals surface area contributed by atoms with Gasteiger partial charge in [-0.1, -0.05) is 41.4 Å². The second kappa shape index (κ2) is 7.09. The van der Waals surface area contributed by atoms with Gasteiger partial charge in [-0.25, -0.2) is 4.39 Å². The van der Waals surface area contributed by atoms with Crippen LogP contribution in [0.3, 0.4) is 0 Å². The number of hydrazine groups is 1.